The topological polar surface area (TPSA) is 99.4 Å². The predicted octanol–water partition coefficient (Wildman–Crippen LogP) is -1.01. The van der Waals surface area contributed by atoms with E-state index in [0.29, 0.717) is 0 Å². The SMILES string of the molecule is CCC[C@H](C)O[C@@H]1O[C@H](CO)[C@@H](O)[C@H](O)[C@H]1O. The summed E-state index contributed by atoms with van der Waals surface area (Å²) in [6, 6.07) is 0. The van der Waals surface area contributed by atoms with Crippen LogP contribution in [0.25, 0.3) is 0 Å². The van der Waals surface area contributed by atoms with E-state index in [1.165, 1.54) is 0 Å². The first kappa shape index (κ1) is 14.8. The Morgan fingerprint density at radius 1 is 1.18 bits per heavy atom. The Bertz CT molecular complexity index is 222. The van der Waals surface area contributed by atoms with Crippen molar-refractivity contribution >= 4 is 0 Å². The van der Waals surface area contributed by atoms with Crippen LogP contribution in [0.3, 0.4) is 0 Å². The van der Waals surface area contributed by atoms with Gasteiger partial charge in [0.15, 0.2) is 6.29 Å². The van der Waals surface area contributed by atoms with Crippen molar-refractivity contribution in [1.82, 2.24) is 0 Å². The molecule has 0 aromatic heterocycles. The van der Waals surface area contributed by atoms with E-state index in [0.717, 1.165) is 12.8 Å². The van der Waals surface area contributed by atoms with E-state index in [2.05, 4.69) is 0 Å². The van der Waals surface area contributed by atoms with Crippen LogP contribution in [0.2, 0.25) is 0 Å². The lowest BCUT2D eigenvalue weighted by atomic mass is 9.99. The standard InChI is InChI=1S/C11H22O6/c1-3-4-6(2)16-11-10(15)9(14)8(13)7(5-12)17-11/h6-15H,3-5H2,1-2H3/t6-,7+,8+,9-,10+,11+/m0/s1. The molecule has 1 aliphatic heterocycles. The molecular formula is C11H22O6. The van der Waals surface area contributed by atoms with Gasteiger partial charge in [-0.1, -0.05) is 13.3 Å². The van der Waals surface area contributed by atoms with Crippen LogP contribution in [0.5, 0.6) is 0 Å². The summed E-state index contributed by atoms with van der Waals surface area (Å²) in [5.41, 5.74) is 0. The maximum absolute atomic E-state index is 9.70. The molecule has 6 atom stereocenters. The van der Waals surface area contributed by atoms with Gasteiger partial charge in [-0.15, -0.1) is 0 Å². The van der Waals surface area contributed by atoms with E-state index in [1.54, 1.807) is 0 Å². The maximum atomic E-state index is 9.70. The van der Waals surface area contributed by atoms with Crippen molar-refractivity contribution in [3.05, 3.63) is 0 Å². The summed E-state index contributed by atoms with van der Waals surface area (Å²) in [4.78, 5) is 0. The highest BCUT2D eigenvalue weighted by Crippen LogP contribution is 2.23. The second kappa shape index (κ2) is 6.63. The van der Waals surface area contributed by atoms with Crippen molar-refractivity contribution in [2.45, 2.75) is 63.5 Å². The van der Waals surface area contributed by atoms with Gasteiger partial charge in [-0.05, 0) is 13.3 Å². The van der Waals surface area contributed by atoms with E-state index < -0.39 is 37.3 Å². The molecular weight excluding hydrogens is 228 g/mol. The van der Waals surface area contributed by atoms with Gasteiger partial charge >= 0.3 is 0 Å². The number of hydrogen-bond donors (Lipinski definition) is 4. The third-order valence-electron chi connectivity index (χ3n) is 2.91. The van der Waals surface area contributed by atoms with Gasteiger partial charge in [0.25, 0.3) is 0 Å². The maximum Gasteiger partial charge on any atom is 0.186 e. The zero-order valence-electron chi connectivity index (χ0n) is 10.2. The average Bonchev–Trinajstić information content (AvgIpc) is 2.30. The Balaban J connectivity index is 2.59. The molecule has 4 N–H and O–H groups in total. The molecule has 0 aromatic carbocycles. The zero-order chi connectivity index (χ0) is 13.0. The van der Waals surface area contributed by atoms with Crippen molar-refractivity contribution < 1.29 is 29.9 Å². The minimum Gasteiger partial charge on any atom is -0.394 e. The third kappa shape index (κ3) is 3.61. The molecule has 0 bridgehead atoms. The Morgan fingerprint density at radius 3 is 2.35 bits per heavy atom. The van der Waals surface area contributed by atoms with Gasteiger partial charge in [-0.25, -0.2) is 0 Å². The molecule has 0 saturated carbocycles. The Hall–Kier alpha value is -0.240. The molecule has 17 heavy (non-hydrogen) atoms. The van der Waals surface area contributed by atoms with Gasteiger partial charge in [0, 0.05) is 0 Å². The number of rotatable bonds is 5. The van der Waals surface area contributed by atoms with E-state index in [9.17, 15) is 15.3 Å². The summed E-state index contributed by atoms with van der Waals surface area (Å²) in [6.07, 6.45) is -4.35. The molecule has 1 fully saturated rings. The van der Waals surface area contributed by atoms with Crippen molar-refractivity contribution in [2.75, 3.05) is 6.61 Å². The van der Waals surface area contributed by atoms with Crippen molar-refractivity contribution in [3.8, 4) is 0 Å². The summed E-state index contributed by atoms with van der Waals surface area (Å²) >= 11 is 0. The molecule has 6 heteroatoms. The predicted molar refractivity (Wildman–Crippen MR) is 59.2 cm³/mol. The number of ether oxygens (including phenoxy) is 2. The number of aliphatic hydroxyl groups excluding tert-OH is 4. The quantitative estimate of drug-likeness (QED) is 0.499. The summed E-state index contributed by atoms with van der Waals surface area (Å²) in [7, 11) is 0. The van der Waals surface area contributed by atoms with Crippen LogP contribution < -0.4 is 0 Å². The van der Waals surface area contributed by atoms with Crippen LogP contribution in [-0.4, -0.2) is 63.8 Å². The molecule has 0 unspecified atom stereocenters. The van der Waals surface area contributed by atoms with E-state index in [1.807, 2.05) is 13.8 Å². The minimum absolute atomic E-state index is 0.124. The van der Waals surface area contributed by atoms with Gasteiger partial charge in [0.05, 0.1) is 12.7 Å². The second-order valence-corrected chi connectivity index (χ2v) is 4.43. The first-order valence-corrected chi connectivity index (χ1v) is 5.97. The fourth-order valence-corrected chi connectivity index (χ4v) is 1.88. The average molecular weight is 250 g/mol. The van der Waals surface area contributed by atoms with Crippen LogP contribution in [0, 0.1) is 0 Å². The van der Waals surface area contributed by atoms with E-state index in [-0.39, 0.29) is 6.10 Å². The summed E-state index contributed by atoms with van der Waals surface area (Å²) in [5, 5.41) is 37.8. The molecule has 6 nitrogen and oxygen atoms in total. The monoisotopic (exact) mass is 250 g/mol. The van der Waals surface area contributed by atoms with Crippen LogP contribution in [0.4, 0.5) is 0 Å². The van der Waals surface area contributed by atoms with Crippen LogP contribution in [-0.2, 0) is 9.47 Å². The Morgan fingerprint density at radius 2 is 1.82 bits per heavy atom. The molecule has 1 saturated heterocycles. The molecule has 0 aliphatic carbocycles. The van der Waals surface area contributed by atoms with E-state index in [4.69, 9.17) is 14.6 Å². The normalized spacial score (nSPS) is 40.2. The summed E-state index contributed by atoms with van der Waals surface area (Å²) in [6.45, 7) is 3.41. The number of aliphatic hydroxyl groups is 4. The highest BCUT2D eigenvalue weighted by atomic mass is 16.7. The van der Waals surface area contributed by atoms with Crippen molar-refractivity contribution in [1.29, 1.82) is 0 Å². The second-order valence-electron chi connectivity index (χ2n) is 4.43. The first-order chi connectivity index (χ1) is 8.01. The lowest BCUT2D eigenvalue weighted by molar-refractivity contribution is -0.310. The van der Waals surface area contributed by atoms with E-state index >= 15 is 0 Å². The van der Waals surface area contributed by atoms with Crippen LogP contribution >= 0.6 is 0 Å². The van der Waals surface area contributed by atoms with Crippen LogP contribution in [0.1, 0.15) is 26.7 Å². The van der Waals surface area contributed by atoms with Crippen molar-refractivity contribution in [2.24, 2.45) is 0 Å². The molecule has 0 amide bonds. The van der Waals surface area contributed by atoms with Gasteiger partial charge in [0.2, 0.25) is 0 Å². The molecule has 1 rings (SSSR count). The highest BCUT2D eigenvalue weighted by molar-refractivity contribution is 4.89. The Labute approximate surface area is 101 Å². The highest BCUT2D eigenvalue weighted by Gasteiger charge is 2.44. The van der Waals surface area contributed by atoms with Crippen molar-refractivity contribution in [3.63, 3.8) is 0 Å². The smallest absolute Gasteiger partial charge is 0.186 e. The molecule has 1 aliphatic rings. The zero-order valence-corrected chi connectivity index (χ0v) is 10.2. The summed E-state index contributed by atoms with van der Waals surface area (Å²) in [5.74, 6) is 0. The fraction of sp³-hybridized carbons (Fsp3) is 1.00. The molecule has 0 spiro atoms. The lowest BCUT2D eigenvalue weighted by Crippen LogP contribution is -2.59. The largest absolute Gasteiger partial charge is 0.394 e. The van der Waals surface area contributed by atoms with Gasteiger partial charge in [0.1, 0.15) is 24.4 Å². The van der Waals surface area contributed by atoms with Gasteiger partial charge in [-0.2, -0.15) is 0 Å². The molecule has 102 valence electrons. The van der Waals surface area contributed by atoms with Crippen LogP contribution in [0.15, 0.2) is 0 Å². The molecule has 0 aromatic rings. The molecule has 0 radical (unpaired) electrons. The minimum atomic E-state index is -1.38. The first-order valence-electron chi connectivity index (χ1n) is 5.97. The fourth-order valence-electron chi connectivity index (χ4n) is 1.88. The van der Waals surface area contributed by atoms with Gasteiger partial charge in [-0.3, -0.25) is 0 Å². The molecule has 1 heterocycles. The third-order valence-corrected chi connectivity index (χ3v) is 2.91. The number of hydrogen-bond acceptors (Lipinski definition) is 6. The lowest BCUT2D eigenvalue weighted by Gasteiger charge is -2.40. The Kier molecular flexibility index (Phi) is 5.78. The van der Waals surface area contributed by atoms with Gasteiger partial charge < -0.3 is 29.9 Å². The summed E-state index contributed by atoms with van der Waals surface area (Å²) < 4.78 is 10.7.